The summed E-state index contributed by atoms with van der Waals surface area (Å²) in [5.74, 6) is -0.855. The highest BCUT2D eigenvalue weighted by atomic mass is 35.5. The molecule has 41 heavy (non-hydrogen) atoms. The molecule has 1 aliphatic heterocycles. The van der Waals surface area contributed by atoms with Gasteiger partial charge in [0.25, 0.3) is 11.8 Å². The molecule has 0 atom stereocenters. The van der Waals surface area contributed by atoms with Crippen molar-refractivity contribution in [3.8, 4) is 0 Å². The third kappa shape index (κ3) is 6.54. The zero-order valence-electron chi connectivity index (χ0n) is 21.9. The summed E-state index contributed by atoms with van der Waals surface area (Å²) in [6.07, 6.45) is -0.977. The number of halogens is 4. The van der Waals surface area contributed by atoms with Crippen molar-refractivity contribution in [2.45, 2.75) is 31.9 Å². The lowest BCUT2D eigenvalue weighted by atomic mass is 10.0. The summed E-state index contributed by atoms with van der Waals surface area (Å²) in [6.45, 7) is 1.34. The molecule has 2 fully saturated rings. The molecule has 2 aromatic heterocycles. The fraction of sp³-hybridized carbons (Fsp3) is 0.423. The summed E-state index contributed by atoms with van der Waals surface area (Å²) in [6, 6.07) is 4.43. The number of hydrogen-bond donors (Lipinski definition) is 4. The van der Waals surface area contributed by atoms with Gasteiger partial charge in [-0.2, -0.15) is 18.3 Å². The number of nitrogens with zero attached hydrogens (tertiary/aromatic N) is 4. The molecular formula is C26H28ClF3N8O3. The van der Waals surface area contributed by atoms with E-state index in [1.54, 1.807) is 9.80 Å². The van der Waals surface area contributed by atoms with Crippen molar-refractivity contribution in [1.82, 2.24) is 30.0 Å². The van der Waals surface area contributed by atoms with Gasteiger partial charge in [0.2, 0.25) is 5.91 Å². The summed E-state index contributed by atoms with van der Waals surface area (Å²) < 4.78 is 40.6. The molecule has 5 rings (SSSR count). The number of imidazole rings is 1. The number of rotatable bonds is 8. The molecule has 1 aromatic carbocycles. The van der Waals surface area contributed by atoms with E-state index in [2.05, 4.69) is 25.5 Å². The number of anilines is 1. The van der Waals surface area contributed by atoms with Crippen LogP contribution in [-0.4, -0.2) is 80.4 Å². The number of benzene rings is 1. The summed E-state index contributed by atoms with van der Waals surface area (Å²) >= 11 is 6.36. The Morgan fingerprint density at radius 3 is 2.46 bits per heavy atom. The van der Waals surface area contributed by atoms with Crippen LogP contribution in [-0.2, 0) is 23.8 Å². The summed E-state index contributed by atoms with van der Waals surface area (Å²) in [5, 5.41) is 8.80. The summed E-state index contributed by atoms with van der Waals surface area (Å²) in [4.78, 5) is 47.5. The number of aromatic nitrogens is 4. The third-order valence-corrected chi connectivity index (χ3v) is 7.49. The fourth-order valence-corrected chi connectivity index (χ4v) is 5.04. The number of aromatic amines is 2. The zero-order valence-corrected chi connectivity index (χ0v) is 22.6. The molecule has 15 heteroatoms. The minimum atomic E-state index is -4.61. The van der Waals surface area contributed by atoms with Crippen LogP contribution < -0.4 is 11.1 Å². The van der Waals surface area contributed by atoms with E-state index in [1.807, 2.05) is 0 Å². The SMILES string of the molecule is NCC(=O)N1CCN(C(=O)c2ccc(NC(=O)c3ncc(Cc4c(C(F)(F)F)n[nH]c4CC4CC4)[nH]3)cc2Cl)CC1. The van der Waals surface area contributed by atoms with Crippen LogP contribution in [0.1, 0.15) is 56.5 Å². The maximum absolute atomic E-state index is 13.5. The van der Waals surface area contributed by atoms with Gasteiger partial charge < -0.3 is 25.8 Å². The molecule has 1 saturated carbocycles. The second-order valence-electron chi connectivity index (χ2n) is 10.1. The van der Waals surface area contributed by atoms with E-state index in [1.165, 1.54) is 24.4 Å². The van der Waals surface area contributed by atoms with Crippen molar-refractivity contribution < 1.29 is 27.6 Å². The van der Waals surface area contributed by atoms with Crippen LogP contribution in [0.4, 0.5) is 18.9 Å². The second-order valence-corrected chi connectivity index (χ2v) is 10.5. The monoisotopic (exact) mass is 592 g/mol. The molecule has 2 aliphatic rings. The molecular weight excluding hydrogens is 565 g/mol. The zero-order chi connectivity index (χ0) is 29.3. The standard InChI is InChI=1S/C26H28ClF3N8O3/c27-19-11-15(3-4-17(19)25(41)38-7-5-37(6-8-38)21(39)12-31)34-24(40)23-32-13-16(33-23)10-18-20(9-14-1-2-14)35-36-22(18)26(28,29)30/h3-4,11,13-14H,1-2,5-10,12,31H2,(H,32,33)(H,34,40)(H,35,36). The number of hydrogen-bond acceptors (Lipinski definition) is 6. The Hall–Kier alpha value is -3.91. The van der Waals surface area contributed by atoms with E-state index in [0.29, 0.717) is 55.6 Å². The Morgan fingerprint density at radius 1 is 1.12 bits per heavy atom. The minimum absolute atomic E-state index is 0.0411. The van der Waals surface area contributed by atoms with Crippen LogP contribution in [0.2, 0.25) is 5.02 Å². The lowest BCUT2D eigenvalue weighted by Crippen LogP contribution is -2.51. The Bertz CT molecular complexity index is 1460. The van der Waals surface area contributed by atoms with Gasteiger partial charge in [-0.25, -0.2) is 4.98 Å². The first kappa shape index (κ1) is 28.6. The molecule has 0 bridgehead atoms. The molecule has 3 aromatic rings. The lowest BCUT2D eigenvalue weighted by Gasteiger charge is -2.34. The van der Waals surface area contributed by atoms with Crippen molar-refractivity contribution in [3.05, 3.63) is 63.5 Å². The number of H-pyrrole nitrogens is 2. The predicted octanol–water partition coefficient (Wildman–Crippen LogP) is 2.84. The van der Waals surface area contributed by atoms with Gasteiger partial charge in [-0.05, 0) is 43.4 Å². The number of carbonyl (C=O) groups is 3. The first-order valence-electron chi connectivity index (χ1n) is 13.1. The smallest absolute Gasteiger partial charge is 0.338 e. The number of nitrogens with one attached hydrogen (secondary N) is 3. The second kappa shape index (κ2) is 11.5. The number of amides is 3. The first-order valence-corrected chi connectivity index (χ1v) is 13.5. The van der Waals surface area contributed by atoms with Gasteiger partial charge in [0.15, 0.2) is 11.5 Å². The van der Waals surface area contributed by atoms with E-state index >= 15 is 0 Å². The molecule has 5 N–H and O–H groups in total. The average Bonchev–Trinajstić information content (AvgIpc) is 3.47. The topological polar surface area (TPSA) is 153 Å². The number of nitrogens with two attached hydrogens (primary N) is 1. The van der Waals surface area contributed by atoms with Gasteiger partial charge in [-0.1, -0.05) is 11.6 Å². The van der Waals surface area contributed by atoms with E-state index in [4.69, 9.17) is 17.3 Å². The normalized spacial score (nSPS) is 15.7. The van der Waals surface area contributed by atoms with Crippen LogP contribution in [0.15, 0.2) is 24.4 Å². The number of piperazine rings is 1. The Balaban J connectivity index is 1.22. The lowest BCUT2D eigenvalue weighted by molar-refractivity contribution is -0.141. The molecule has 1 aliphatic carbocycles. The molecule has 0 unspecified atom stereocenters. The molecule has 3 amide bonds. The van der Waals surface area contributed by atoms with Crippen LogP contribution in [0.25, 0.3) is 0 Å². The highest BCUT2D eigenvalue weighted by molar-refractivity contribution is 6.34. The van der Waals surface area contributed by atoms with Gasteiger partial charge in [0, 0.05) is 61.4 Å². The van der Waals surface area contributed by atoms with Gasteiger partial charge in [0.1, 0.15) is 0 Å². The Labute approximate surface area is 237 Å². The van der Waals surface area contributed by atoms with E-state index < -0.39 is 17.8 Å². The highest BCUT2D eigenvalue weighted by Crippen LogP contribution is 2.37. The Morgan fingerprint density at radius 2 is 1.83 bits per heavy atom. The van der Waals surface area contributed by atoms with Gasteiger partial charge in [-0.3, -0.25) is 19.5 Å². The fourth-order valence-electron chi connectivity index (χ4n) is 4.78. The predicted molar refractivity (Wildman–Crippen MR) is 142 cm³/mol. The Kier molecular flexibility index (Phi) is 8.04. The first-order chi connectivity index (χ1) is 19.5. The average molecular weight is 593 g/mol. The van der Waals surface area contributed by atoms with Crippen molar-refractivity contribution in [3.63, 3.8) is 0 Å². The molecule has 0 radical (unpaired) electrons. The van der Waals surface area contributed by atoms with E-state index in [-0.39, 0.29) is 46.8 Å². The van der Waals surface area contributed by atoms with Crippen molar-refractivity contribution >= 4 is 35.0 Å². The van der Waals surface area contributed by atoms with Crippen molar-refractivity contribution in [1.29, 1.82) is 0 Å². The van der Waals surface area contributed by atoms with Crippen LogP contribution >= 0.6 is 11.6 Å². The van der Waals surface area contributed by atoms with Gasteiger partial charge in [0.05, 0.1) is 17.1 Å². The third-order valence-electron chi connectivity index (χ3n) is 7.17. The quantitative estimate of drug-likeness (QED) is 0.315. The van der Waals surface area contributed by atoms with Crippen molar-refractivity contribution in [2.75, 3.05) is 38.0 Å². The van der Waals surface area contributed by atoms with Crippen LogP contribution in [0, 0.1) is 5.92 Å². The van der Waals surface area contributed by atoms with E-state index in [9.17, 15) is 27.6 Å². The van der Waals surface area contributed by atoms with Crippen LogP contribution in [0.3, 0.4) is 0 Å². The molecule has 3 heterocycles. The molecule has 0 spiro atoms. The highest BCUT2D eigenvalue weighted by Gasteiger charge is 2.39. The summed E-state index contributed by atoms with van der Waals surface area (Å²) in [5.41, 5.74) is 5.78. The van der Waals surface area contributed by atoms with E-state index in [0.717, 1.165) is 12.8 Å². The van der Waals surface area contributed by atoms with Crippen molar-refractivity contribution in [2.24, 2.45) is 11.7 Å². The minimum Gasteiger partial charge on any atom is -0.338 e. The maximum atomic E-state index is 13.5. The van der Waals surface area contributed by atoms with Gasteiger partial charge in [-0.15, -0.1) is 0 Å². The molecule has 218 valence electrons. The molecule has 1 saturated heterocycles. The summed E-state index contributed by atoms with van der Waals surface area (Å²) in [7, 11) is 0. The largest absolute Gasteiger partial charge is 0.435 e. The number of alkyl halides is 3. The molecule has 11 nitrogen and oxygen atoms in total. The van der Waals surface area contributed by atoms with Crippen LogP contribution in [0.5, 0.6) is 0 Å². The van der Waals surface area contributed by atoms with Gasteiger partial charge >= 0.3 is 6.18 Å². The number of carbonyl (C=O) groups excluding carboxylic acids is 3. The maximum Gasteiger partial charge on any atom is 0.435 e.